The number of benzene rings is 1. The summed E-state index contributed by atoms with van der Waals surface area (Å²) >= 11 is 5.82. The molecule has 0 aliphatic carbocycles. The predicted molar refractivity (Wildman–Crippen MR) is 87.7 cm³/mol. The van der Waals surface area contributed by atoms with Crippen molar-refractivity contribution in [2.75, 3.05) is 25.0 Å². The molecule has 1 saturated heterocycles. The van der Waals surface area contributed by atoms with Crippen molar-refractivity contribution in [2.24, 2.45) is 11.7 Å². The van der Waals surface area contributed by atoms with Crippen LogP contribution in [0.4, 0.5) is 5.69 Å². The Morgan fingerprint density at radius 1 is 1.32 bits per heavy atom. The molecule has 1 fully saturated rings. The Labute approximate surface area is 135 Å². The molecule has 1 atom stereocenters. The van der Waals surface area contributed by atoms with Crippen molar-refractivity contribution < 1.29 is 9.59 Å². The van der Waals surface area contributed by atoms with Gasteiger partial charge in [-0.15, -0.1) is 0 Å². The monoisotopic (exact) mass is 323 g/mol. The van der Waals surface area contributed by atoms with Gasteiger partial charge in [0.25, 0.3) is 0 Å². The number of piperidine rings is 1. The van der Waals surface area contributed by atoms with E-state index < -0.39 is 0 Å². The number of carbonyl (C=O) groups is 2. The number of halogens is 1. The number of hydrogen-bond acceptors (Lipinski definition) is 3. The Balaban J connectivity index is 1.78. The van der Waals surface area contributed by atoms with E-state index in [-0.39, 0.29) is 11.8 Å². The fourth-order valence-corrected chi connectivity index (χ4v) is 2.94. The molecular weight excluding hydrogens is 302 g/mol. The molecular formula is C16H22ClN3O2. The first kappa shape index (κ1) is 16.8. The molecule has 2 amide bonds. The molecule has 1 unspecified atom stereocenters. The minimum Gasteiger partial charge on any atom is -0.370 e. The van der Waals surface area contributed by atoms with Crippen LogP contribution in [-0.4, -0.2) is 36.3 Å². The Hall–Kier alpha value is -1.59. The van der Waals surface area contributed by atoms with Gasteiger partial charge in [0.15, 0.2) is 0 Å². The molecule has 0 aromatic heterocycles. The second kappa shape index (κ2) is 8.15. The van der Waals surface area contributed by atoms with E-state index in [1.807, 2.05) is 0 Å². The van der Waals surface area contributed by atoms with Crippen LogP contribution in [0.25, 0.3) is 0 Å². The molecule has 1 aliphatic rings. The summed E-state index contributed by atoms with van der Waals surface area (Å²) in [5.74, 6) is 0.167. The van der Waals surface area contributed by atoms with Gasteiger partial charge in [0, 0.05) is 23.7 Å². The number of carbonyl (C=O) groups excluding carboxylic acids is 2. The van der Waals surface area contributed by atoms with Gasteiger partial charge in [0.1, 0.15) is 0 Å². The fraction of sp³-hybridized carbons (Fsp3) is 0.500. The van der Waals surface area contributed by atoms with Gasteiger partial charge in [-0.25, -0.2) is 0 Å². The van der Waals surface area contributed by atoms with E-state index in [9.17, 15) is 9.59 Å². The van der Waals surface area contributed by atoms with Crippen molar-refractivity contribution in [1.29, 1.82) is 0 Å². The van der Waals surface area contributed by atoms with Gasteiger partial charge in [0.2, 0.25) is 11.8 Å². The van der Waals surface area contributed by atoms with Crippen LogP contribution in [0.3, 0.4) is 0 Å². The second-order valence-corrected chi connectivity index (χ2v) is 6.24. The summed E-state index contributed by atoms with van der Waals surface area (Å²) < 4.78 is 0. The zero-order chi connectivity index (χ0) is 15.9. The van der Waals surface area contributed by atoms with Crippen LogP contribution in [0.1, 0.15) is 25.7 Å². The van der Waals surface area contributed by atoms with Gasteiger partial charge in [0.05, 0.1) is 6.54 Å². The minimum atomic E-state index is -0.252. The number of nitrogens with zero attached hydrogens (tertiary/aromatic N) is 1. The quantitative estimate of drug-likeness (QED) is 0.843. The van der Waals surface area contributed by atoms with Gasteiger partial charge >= 0.3 is 0 Å². The van der Waals surface area contributed by atoms with Crippen LogP contribution in [-0.2, 0) is 9.59 Å². The number of primary amides is 1. The average Bonchev–Trinajstić information content (AvgIpc) is 2.48. The molecule has 1 heterocycles. The van der Waals surface area contributed by atoms with Crippen molar-refractivity contribution in [2.45, 2.75) is 25.7 Å². The number of amides is 2. The summed E-state index contributed by atoms with van der Waals surface area (Å²) in [7, 11) is 0. The molecule has 0 saturated carbocycles. The van der Waals surface area contributed by atoms with E-state index in [2.05, 4.69) is 10.2 Å². The van der Waals surface area contributed by atoms with Crippen LogP contribution >= 0.6 is 11.6 Å². The number of hydrogen-bond donors (Lipinski definition) is 2. The molecule has 1 aromatic rings. The van der Waals surface area contributed by atoms with Crippen LogP contribution in [0, 0.1) is 5.92 Å². The maximum atomic E-state index is 12.1. The van der Waals surface area contributed by atoms with E-state index in [1.165, 1.54) is 0 Å². The molecule has 1 aromatic carbocycles. The third kappa shape index (κ3) is 5.66. The first-order valence-corrected chi connectivity index (χ1v) is 7.97. The number of nitrogens with one attached hydrogen (secondary N) is 1. The van der Waals surface area contributed by atoms with Crippen LogP contribution in [0.5, 0.6) is 0 Å². The zero-order valence-electron chi connectivity index (χ0n) is 12.6. The number of likely N-dealkylation sites (tertiary alicyclic amines) is 1. The zero-order valence-corrected chi connectivity index (χ0v) is 13.3. The normalized spacial score (nSPS) is 18.9. The SMILES string of the molecule is NC(=O)CCC1CCCN(CC(=O)Nc2ccc(Cl)cc2)C1. The molecule has 22 heavy (non-hydrogen) atoms. The van der Waals surface area contributed by atoms with Gasteiger partial charge in [-0.3, -0.25) is 14.5 Å². The van der Waals surface area contributed by atoms with E-state index in [1.54, 1.807) is 24.3 Å². The van der Waals surface area contributed by atoms with E-state index in [0.717, 1.165) is 38.0 Å². The molecule has 0 radical (unpaired) electrons. The topological polar surface area (TPSA) is 75.4 Å². The summed E-state index contributed by atoms with van der Waals surface area (Å²) in [6, 6.07) is 7.06. The van der Waals surface area contributed by atoms with Crippen molar-refractivity contribution in [1.82, 2.24) is 4.90 Å². The summed E-state index contributed by atoms with van der Waals surface area (Å²) in [5.41, 5.74) is 5.94. The molecule has 5 nitrogen and oxygen atoms in total. The first-order chi connectivity index (χ1) is 10.5. The second-order valence-electron chi connectivity index (χ2n) is 5.80. The van der Waals surface area contributed by atoms with Crippen molar-refractivity contribution in [3.8, 4) is 0 Å². The predicted octanol–water partition coefficient (Wildman–Crippen LogP) is 2.26. The summed E-state index contributed by atoms with van der Waals surface area (Å²) in [6.07, 6.45) is 3.39. The van der Waals surface area contributed by atoms with Crippen LogP contribution in [0.2, 0.25) is 5.02 Å². The highest BCUT2D eigenvalue weighted by molar-refractivity contribution is 6.30. The molecule has 6 heteroatoms. The lowest BCUT2D eigenvalue weighted by Crippen LogP contribution is -2.40. The minimum absolute atomic E-state index is 0.0297. The average molecular weight is 324 g/mol. The van der Waals surface area contributed by atoms with Crippen LogP contribution < -0.4 is 11.1 Å². The molecule has 1 aliphatic heterocycles. The van der Waals surface area contributed by atoms with E-state index >= 15 is 0 Å². The Morgan fingerprint density at radius 2 is 2.05 bits per heavy atom. The standard InChI is InChI=1S/C16H22ClN3O2/c17-13-4-6-14(7-5-13)19-16(22)11-20-9-1-2-12(10-20)3-8-15(18)21/h4-7,12H,1-3,8-11H2,(H2,18,21)(H,19,22). The lowest BCUT2D eigenvalue weighted by atomic mass is 9.93. The summed E-state index contributed by atoms with van der Waals surface area (Å²) in [5, 5.41) is 3.51. The number of nitrogens with two attached hydrogens (primary N) is 1. The highest BCUT2D eigenvalue weighted by Crippen LogP contribution is 2.21. The van der Waals surface area contributed by atoms with Crippen molar-refractivity contribution in [3.05, 3.63) is 29.3 Å². The third-order valence-electron chi connectivity index (χ3n) is 3.90. The number of anilines is 1. The molecule has 2 rings (SSSR count). The van der Waals surface area contributed by atoms with Gasteiger partial charge < -0.3 is 11.1 Å². The maximum absolute atomic E-state index is 12.1. The van der Waals surface area contributed by atoms with E-state index in [4.69, 9.17) is 17.3 Å². The maximum Gasteiger partial charge on any atom is 0.238 e. The smallest absolute Gasteiger partial charge is 0.238 e. The highest BCUT2D eigenvalue weighted by atomic mass is 35.5. The Morgan fingerprint density at radius 3 is 2.73 bits per heavy atom. The van der Waals surface area contributed by atoms with Gasteiger partial charge in [-0.2, -0.15) is 0 Å². The highest BCUT2D eigenvalue weighted by Gasteiger charge is 2.21. The van der Waals surface area contributed by atoms with Crippen LogP contribution in [0.15, 0.2) is 24.3 Å². The van der Waals surface area contributed by atoms with Crippen molar-refractivity contribution in [3.63, 3.8) is 0 Å². The molecule has 0 bridgehead atoms. The fourth-order valence-electron chi connectivity index (χ4n) is 2.81. The first-order valence-electron chi connectivity index (χ1n) is 7.59. The third-order valence-corrected chi connectivity index (χ3v) is 4.15. The molecule has 3 N–H and O–H groups in total. The number of rotatable bonds is 6. The van der Waals surface area contributed by atoms with E-state index in [0.29, 0.717) is 23.9 Å². The van der Waals surface area contributed by atoms with Gasteiger partial charge in [-0.1, -0.05) is 11.6 Å². The van der Waals surface area contributed by atoms with Crippen molar-refractivity contribution >= 4 is 29.1 Å². The summed E-state index contributed by atoms with van der Waals surface area (Å²) in [6.45, 7) is 2.14. The summed E-state index contributed by atoms with van der Waals surface area (Å²) in [4.78, 5) is 25.1. The molecule has 0 spiro atoms. The largest absolute Gasteiger partial charge is 0.370 e. The Bertz CT molecular complexity index is 519. The molecule has 120 valence electrons. The van der Waals surface area contributed by atoms with Gasteiger partial charge in [-0.05, 0) is 56.0 Å². The lowest BCUT2D eigenvalue weighted by Gasteiger charge is -2.32. The Kier molecular flexibility index (Phi) is 6.21. The lowest BCUT2D eigenvalue weighted by molar-refractivity contribution is -0.119.